The monoisotopic (exact) mass is 389 g/mol. The van der Waals surface area contributed by atoms with Gasteiger partial charge in [-0.3, -0.25) is 4.18 Å². The SMILES string of the molecule is COS(=O)c1ccc(CCC(C)Nc2nc(N)nc(C(F)(F)F)n2)cc1. The third kappa shape index (κ3) is 5.63. The van der Waals surface area contributed by atoms with E-state index in [0.29, 0.717) is 17.7 Å². The van der Waals surface area contributed by atoms with Gasteiger partial charge in [0.05, 0.1) is 12.0 Å². The fraction of sp³-hybridized carbons (Fsp3) is 0.400. The summed E-state index contributed by atoms with van der Waals surface area (Å²) in [6.07, 6.45) is -3.43. The van der Waals surface area contributed by atoms with Crippen LogP contribution < -0.4 is 11.1 Å². The molecule has 7 nitrogen and oxygen atoms in total. The standard InChI is InChI=1S/C15H18F3N5O2S/c1-9(3-4-10-5-7-11(8-6-10)26(24)25-2)20-14-22-12(15(16,17)18)21-13(19)23-14/h5-9H,3-4H2,1-2H3,(H3,19,20,21,22,23). The van der Waals surface area contributed by atoms with E-state index in [1.807, 2.05) is 12.1 Å². The second-order valence-corrected chi connectivity index (χ2v) is 6.74. The van der Waals surface area contributed by atoms with Crippen LogP contribution in [-0.2, 0) is 27.9 Å². The number of rotatable bonds is 7. The number of nitrogens with one attached hydrogen (secondary N) is 1. The lowest BCUT2D eigenvalue weighted by molar-refractivity contribution is -0.144. The van der Waals surface area contributed by atoms with E-state index in [1.165, 1.54) is 7.11 Å². The van der Waals surface area contributed by atoms with E-state index in [-0.39, 0.29) is 12.0 Å². The lowest BCUT2D eigenvalue weighted by Gasteiger charge is -2.15. The van der Waals surface area contributed by atoms with Crippen molar-refractivity contribution < 1.29 is 21.6 Å². The molecule has 1 heterocycles. The maximum Gasteiger partial charge on any atom is 0.451 e. The van der Waals surface area contributed by atoms with E-state index in [9.17, 15) is 17.4 Å². The molecule has 0 radical (unpaired) electrons. The highest BCUT2D eigenvalue weighted by molar-refractivity contribution is 7.80. The van der Waals surface area contributed by atoms with Gasteiger partial charge in [0.25, 0.3) is 0 Å². The van der Waals surface area contributed by atoms with Crippen molar-refractivity contribution in [1.82, 2.24) is 15.0 Å². The Morgan fingerprint density at radius 3 is 2.46 bits per heavy atom. The van der Waals surface area contributed by atoms with Gasteiger partial charge in [0, 0.05) is 6.04 Å². The number of aryl methyl sites for hydroxylation is 1. The van der Waals surface area contributed by atoms with Gasteiger partial charge < -0.3 is 11.1 Å². The van der Waals surface area contributed by atoms with Crippen LogP contribution in [0.15, 0.2) is 29.2 Å². The van der Waals surface area contributed by atoms with Crippen LogP contribution in [0.4, 0.5) is 25.1 Å². The van der Waals surface area contributed by atoms with Crippen LogP contribution in [-0.4, -0.2) is 32.3 Å². The second-order valence-electron chi connectivity index (χ2n) is 5.47. The molecular formula is C15H18F3N5O2S. The van der Waals surface area contributed by atoms with Gasteiger partial charge in [0.15, 0.2) is 11.1 Å². The summed E-state index contributed by atoms with van der Waals surface area (Å²) in [4.78, 5) is 10.7. The number of nitrogens with two attached hydrogens (primary N) is 1. The molecule has 0 saturated carbocycles. The Balaban J connectivity index is 1.96. The van der Waals surface area contributed by atoms with Crippen LogP contribution in [0.5, 0.6) is 0 Å². The minimum absolute atomic E-state index is 0.203. The molecule has 0 spiro atoms. The molecule has 2 unspecified atom stereocenters. The molecule has 2 rings (SSSR count). The van der Waals surface area contributed by atoms with Crippen LogP contribution in [0.1, 0.15) is 24.7 Å². The van der Waals surface area contributed by atoms with Crippen LogP contribution >= 0.6 is 0 Å². The van der Waals surface area contributed by atoms with Gasteiger partial charge in [0.1, 0.15) is 0 Å². The van der Waals surface area contributed by atoms with Crippen molar-refractivity contribution in [3.8, 4) is 0 Å². The first-order valence-corrected chi connectivity index (χ1v) is 8.67. The van der Waals surface area contributed by atoms with Gasteiger partial charge in [0.2, 0.25) is 17.7 Å². The smallest absolute Gasteiger partial charge is 0.368 e. The molecule has 0 fully saturated rings. The Kier molecular flexibility index (Phi) is 6.48. The summed E-state index contributed by atoms with van der Waals surface area (Å²) in [5, 5.41) is 2.79. The zero-order chi connectivity index (χ0) is 19.3. The molecule has 2 aromatic rings. The molecule has 26 heavy (non-hydrogen) atoms. The summed E-state index contributed by atoms with van der Waals surface area (Å²) in [6, 6.07) is 6.85. The van der Waals surface area contributed by atoms with Gasteiger partial charge in [-0.15, -0.1) is 0 Å². The summed E-state index contributed by atoms with van der Waals surface area (Å²) < 4.78 is 54.3. The number of aromatic nitrogens is 3. The first-order valence-electron chi connectivity index (χ1n) is 7.59. The molecule has 11 heteroatoms. The Hall–Kier alpha value is -2.27. The molecule has 3 N–H and O–H groups in total. The normalized spacial score (nSPS) is 14.0. The predicted molar refractivity (Wildman–Crippen MR) is 90.5 cm³/mol. The first-order chi connectivity index (χ1) is 12.2. The molecule has 1 aromatic heterocycles. The third-order valence-electron chi connectivity index (χ3n) is 3.41. The summed E-state index contributed by atoms with van der Waals surface area (Å²) in [5.74, 6) is -2.05. The number of alkyl halides is 3. The largest absolute Gasteiger partial charge is 0.451 e. The molecule has 0 saturated heterocycles. The maximum atomic E-state index is 12.7. The highest BCUT2D eigenvalue weighted by Crippen LogP contribution is 2.27. The summed E-state index contributed by atoms with van der Waals surface area (Å²) in [5.41, 5.74) is 6.30. The number of hydrogen-bond acceptors (Lipinski definition) is 7. The van der Waals surface area contributed by atoms with Gasteiger partial charge in [-0.1, -0.05) is 12.1 Å². The van der Waals surface area contributed by atoms with E-state index in [1.54, 1.807) is 19.1 Å². The summed E-state index contributed by atoms with van der Waals surface area (Å²) in [7, 11) is 1.36. The van der Waals surface area contributed by atoms with Crippen molar-refractivity contribution in [3.05, 3.63) is 35.7 Å². The van der Waals surface area contributed by atoms with E-state index in [2.05, 4.69) is 20.3 Å². The molecule has 0 aliphatic rings. The van der Waals surface area contributed by atoms with Crippen molar-refractivity contribution in [3.63, 3.8) is 0 Å². The van der Waals surface area contributed by atoms with E-state index in [0.717, 1.165) is 5.56 Å². The van der Waals surface area contributed by atoms with Crippen LogP contribution in [0, 0.1) is 0 Å². The molecule has 142 valence electrons. The molecule has 1 aromatic carbocycles. The van der Waals surface area contributed by atoms with E-state index < -0.39 is 29.0 Å². The van der Waals surface area contributed by atoms with Gasteiger partial charge in [-0.25, -0.2) is 4.21 Å². The lowest BCUT2D eigenvalue weighted by Crippen LogP contribution is -2.21. The molecular weight excluding hydrogens is 371 g/mol. The zero-order valence-corrected chi connectivity index (χ0v) is 14.9. The highest BCUT2D eigenvalue weighted by atomic mass is 32.2. The molecule has 0 bridgehead atoms. The number of nitrogens with zero attached hydrogens (tertiary/aromatic N) is 3. The topological polar surface area (TPSA) is 103 Å². The quantitative estimate of drug-likeness (QED) is 0.750. The Morgan fingerprint density at radius 2 is 1.88 bits per heavy atom. The molecule has 0 aliphatic heterocycles. The van der Waals surface area contributed by atoms with Crippen molar-refractivity contribution >= 4 is 23.0 Å². The molecule has 2 atom stereocenters. The predicted octanol–water partition coefficient (Wildman–Crippen LogP) is 2.57. The Bertz CT molecular complexity index is 771. The lowest BCUT2D eigenvalue weighted by atomic mass is 10.1. The number of anilines is 2. The average molecular weight is 389 g/mol. The highest BCUT2D eigenvalue weighted by Gasteiger charge is 2.35. The minimum Gasteiger partial charge on any atom is -0.368 e. The van der Waals surface area contributed by atoms with Crippen molar-refractivity contribution in [2.75, 3.05) is 18.2 Å². The Morgan fingerprint density at radius 1 is 1.23 bits per heavy atom. The summed E-state index contributed by atoms with van der Waals surface area (Å²) >= 11 is -1.49. The van der Waals surface area contributed by atoms with Crippen molar-refractivity contribution in [2.45, 2.75) is 36.9 Å². The number of nitrogen functional groups attached to an aromatic ring is 1. The minimum atomic E-state index is -4.69. The number of benzene rings is 1. The van der Waals surface area contributed by atoms with E-state index >= 15 is 0 Å². The zero-order valence-electron chi connectivity index (χ0n) is 14.1. The first kappa shape index (κ1) is 20.0. The maximum absolute atomic E-state index is 12.7. The third-order valence-corrected chi connectivity index (χ3v) is 4.37. The average Bonchev–Trinajstić information content (AvgIpc) is 2.58. The number of halogens is 3. The van der Waals surface area contributed by atoms with E-state index in [4.69, 9.17) is 9.92 Å². The molecule has 0 aliphatic carbocycles. The van der Waals surface area contributed by atoms with Gasteiger partial charge >= 0.3 is 6.18 Å². The molecule has 0 amide bonds. The van der Waals surface area contributed by atoms with Crippen LogP contribution in [0.3, 0.4) is 0 Å². The van der Waals surface area contributed by atoms with Crippen molar-refractivity contribution in [1.29, 1.82) is 0 Å². The van der Waals surface area contributed by atoms with Crippen LogP contribution in [0.25, 0.3) is 0 Å². The van der Waals surface area contributed by atoms with Gasteiger partial charge in [-0.05, 0) is 37.5 Å². The van der Waals surface area contributed by atoms with Crippen LogP contribution in [0.2, 0.25) is 0 Å². The fourth-order valence-corrected chi connectivity index (χ4v) is 2.67. The fourth-order valence-electron chi connectivity index (χ4n) is 2.12. The van der Waals surface area contributed by atoms with Gasteiger partial charge in [-0.2, -0.15) is 28.1 Å². The second kappa shape index (κ2) is 8.41. The summed E-state index contributed by atoms with van der Waals surface area (Å²) in [6.45, 7) is 1.79. The number of hydrogen-bond donors (Lipinski definition) is 2. The van der Waals surface area contributed by atoms with Crippen molar-refractivity contribution in [2.24, 2.45) is 0 Å². The Labute approximate surface area is 150 Å².